The van der Waals surface area contributed by atoms with Gasteiger partial charge in [-0.25, -0.2) is 4.68 Å². The molecule has 0 bridgehead atoms. The maximum Gasteiger partial charge on any atom is 0.244 e. The van der Waals surface area contributed by atoms with Crippen LogP contribution < -0.4 is 10.2 Å². The molecule has 164 valence electrons. The largest absolute Gasteiger partial charge is 0.395 e. The summed E-state index contributed by atoms with van der Waals surface area (Å²) in [5, 5.41) is 22.1. The molecular weight excluding hydrogens is 453 g/mol. The lowest BCUT2D eigenvalue weighted by atomic mass is 9.73. The van der Waals surface area contributed by atoms with E-state index in [1.54, 1.807) is 35.0 Å². The summed E-state index contributed by atoms with van der Waals surface area (Å²) in [7, 11) is 0. The third-order valence-corrected chi connectivity index (χ3v) is 6.63. The maximum absolute atomic E-state index is 13.7. The van der Waals surface area contributed by atoms with Gasteiger partial charge < -0.3 is 15.3 Å². The van der Waals surface area contributed by atoms with Gasteiger partial charge in [-0.3, -0.25) is 9.59 Å². The molecule has 0 fully saturated rings. The zero-order valence-corrected chi connectivity index (χ0v) is 18.6. The van der Waals surface area contributed by atoms with E-state index >= 15 is 0 Å². The van der Waals surface area contributed by atoms with E-state index in [1.807, 2.05) is 19.1 Å². The predicted molar refractivity (Wildman–Crippen MR) is 120 cm³/mol. The van der Waals surface area contributed by atoms with E-state index in [0.29, 0.717) is 32.8 Å². The molecule has 8 nitrogen and oxygen atoms in total. The molecule has 2 amide bonds. The van der Waals surface area contributed by atoms with E-state index in [4.69, 9.17) is 23.2 Å². The average Bonchev–Trinajstić information content (AvgIpc) is 3.28. The highest BCUT2D eigenvalue weighted by Gasteiger charge is 2.58. The molecule has 5 rings (SSSR count). The van der Waals surface area contributed by atoms with Gasteiger partial charge in [0.15, 0.2) is 5.82 Å². The van der Waals surface area contributed by atoms with Crippen LogP contribution in [-0.4, -0.2) is 45.1 Å². The molecule has 3 aromatic rings. The molecule has 3 heterocycles. The number of aliphatic hydroxyl groups excluding tert-OH is 1. The van der Waals surface area contributed by atoms with Gasteiger partial charge in [0.25, 0.3) is 0 Å². The summed E-state index contributed by atoms with van der Waals surface area (Å²) >= 11 is 12.3. The minimum absolute atomic E-state index is 0.0987. The Morgan fingerprint density at radius 1 is 1.16 bits per heavy atom. The molecule has 2 aromatic carbocycles. The van der Waals surface area contributed by atoms with Gasteiger partial charge in [-0.1, -0.05) is 40.5 Å². The van der Waals surface area contributed by atoms with Gasteiger partial charge in [0.05, 0.1) is 19.1 Å². The summed E-state index contributed by atoms with van der Waals surface area (Å²) in [5.41, 5.74) is 1.12. The number of anilines is 2. The number of carbonyl (C=O) groups excluding carboxylic acids is 2. The van der Waals surface area contributed by atoms with Crippen LogP contribution in [0.3, 0.4) is 0 Å². The number of benzene rings is 2. The van der Waals surface area contributed by atoms with Crippen LogP contribution in [0, 0.1) is 0 Å². The molecule has 0 saturated heterocycles. The van der Waals surface area contributed by atoms with Crippen LogP contribution in [0.15, 0.2) is 42.5 Å². The van der Waals surface area contributed by atoms with Crippen molar-refractivity contribution in [1.82, 2.24) is 15.0 Å². The Morgan fingerprint density at radius 3 is 2.59 bits per heavy atom. The molecular formula is C22H19Cl2N5O3. The quantitative estimate of drug-likeness (QED) is 0.608. The summed E-state index contributed by atoms with van der Waals surface area (Å²) in [6.45, 7) is 1.80. The summed E-state index contributed by atoms with van der Waals surface area (Å²) in [6.07, 6.45) is -0.123. The van der Waals surface area contributed by atoms with Gasteiger partial charge in [0.2, 0.25) is 11.8 Å². The number of nitrogens with zero attached hydrogens (tertiary/aromatic N) is 4. The zero-order chi connectivity index (χ0) is 22.6. The highest BCUT2D eigenvalue weighted by Crippen LogP contribution is 2.52. The Labute approximate surface area is 193 Å². The van der Waals surface area contributed by atoms with Gasteiger partial charge in [0, 0.05) is 22.3 Å². The number of hydrogen-bond acceptors (Lipinski definition) is 5. The number of halogens is 2. The minimum Gasteiger partial charge on any atom is -0.395 e. The summed E-state index contributed by atoms with van der Waals surface area (Å²) in [6, 6.07) is 12.1. The smallest absolute Gasteiger partial charge is 0.244 e. The molecule has 2 aliphatic rings. The van der Waals surface area contributed by atoms with Crippen molar-refractivity contribution in [3.05, 3.63) is 69.3 Å². The molecule has 1 aromatic heterocycles. The van der Waals surface area contributed by atoms with Crippen LogP contribution in [0.2, 0.25) is 10.0 Å². The van der Waals surface area contributed by atoms with Crippen molar-refractivity contribution in [3.8, 4) is 0 Å². The molecule has 0 saturated carbocycles. The van der Waals surface area contributed by atoms with Crippen molar-refractivity contribution in [1.29, 1.82) is 0 Å². The van der Waals surface area contributed by atoms with Crippen LogP contribution in [0.4, 0.5) is 11.5 Å². The van der Waals surface area contributed by atoms with Crippen molar-refractivity contribution < 1.29 is 14.7 Å². The number of amides is 2. The van der Waals surface area contributed by atoms with Crippen LogP contribution in [0.25, 0.3) is 0 Å². The van der Waals surface area contributed by atoms with E-state index in [0.717, 1.165) is 5.56 Å². The molecule has 2 N–H and O–H groups in total. The first-order valence-corrected chi connectivity index (χ1v) is 10.9. The van der Waals surface area contributed by atoms with Gasteiger partial charge in [-0.05, 0) is 48.4 Å². The number of rotatable bonds is 4. The van der Waals surface area contributed by atoms with Crippen LogP contribution >= 0.6 is 23.2 Å². The first kappa shape index (κ1) is 20.9. The second kappa shape index (κ2) is 7.58. The van der Waals surface area contributed by atoms with E-state index in [1.165, 1.54) is 4.90 Å². The summed E-state index contributed by atoms with van der Waals surface area (Å²) < 4.78 is 1.60. The van der Waals surface area contributed by atoms with E-state index in [9.17, 15) is 14.7 Å². The Balaban J connectivity index is 1.69. The lowest BCUT2D eigenvalue weighted by Gasteiger charge is -2.31. The number of nitrogens with one attached hydrogen (secondary N) is 1. The van der Waals surface area contributed by atoms with Crippen LogP contribution in [-0.2, 0) is 15.0 Å². The van der Waals surface area contributed by atoms with Crippen LogP contribution in [0.5, 0.6) is 0 Å². The number of β-amino-alcohol motifs (C(OH)–C–C–N with tert-alkyl or cyclic N) is 1. The Morgan fingerprint density at radius 2 is 1.88 bits per heavy atom. The fraction of sp³-hybridized carbons (Fsp3) is 0.273. The third kappa shape index (κ3) is 2.94. The highest BCUT2D eigenvalue weighted by molar-refractivity contribution is 6.31. The normalized spacial score (nSPS) is 20.3. The Kier molecular flexibility index (Phi) is 4.96. The number of carbonyl (C=O) groups is 2. The molecule has 1 spiro atoms. The van der Waals surface area contributed by atoms with Gasteiger partial charge in [0.1, 0.15) is 11.1 Å². The lowest BCUT2D eigenvalue weighted by molar-refractivity contribution is -0.126. The maximum atomic E-state index is 13.7. The van der Waals surface area contributed by atoms with Crippen molar-refractivity contribution >= 4 is 46.5 Å². The highest BCUT2D eigenvalue weighted by atomic mass is 35.5. The SMILES string of the molecule is C[C@@H](c1ccc(Cl)cc1)n1nnc2c1NC(=O)C[C@@]21C(=O)N(CCO)c2ccc(Cl)cc21. The van der Waals surface area contributed by atoms with Crippen molar-refractivity contribution in [2.45, 2.75) is 24.8 Å². The summed E-state index contributed by atoms with van der Waals surface area (Å²) in [5.74, 6) is -0.283. The zero-order valence-electron chi connectivity index (χ0n) is 17.0. The molecule has 10 heteroatoms. The van der Waals surface area contributed by atoms with E-state index in [-0.39, 0.29) is 37.4 Å². The van der Waals surface area contributed by atoms with Crippen LogP contribution in [0.1, 0.15) is 36.2 Å². The number of aromatic nitrogens is 3. The van der Waals surface area contributed by atoms with Crippen molar-refractivity contribution in [2.75, 3.05) is 23.4 Å². The third-order valence-electron chi connectivity index (χ3n) is 6.14. The number of aliphatic hydroxyl groups is 1. The van der Waals surface area contributed by atoms with Gasteiger partial charge in [-0.2, -0.15) is 0 Å². The van der Waals surface area contributed by atoms with E-state index in [2.05, 4.69) is 15.6 Å². The average molecular weight is 472 g/mol. The Bertz CT molecular complexity index is 1240. The standard InChI is InChI=1S/C22H19Cl2N5O3/c1-12(13-2-4-14(23)5-3-13)29-20-19(26-27-29)22(11-18(31)25-20)16-10-15(24)6-7-17(16)28(8-9-30)21(22)32/h2-7,10,12,30H,8-9,11H2,1H3,(H,25,31)/t12-,22-/m0/s1. The van der Waals surface area contributed by atoms with Gasteiger partial charge in [-0.15, -0.1) is 5.10 Å². The lowest BCUT2D eigenvalue weighted by Crippen LogP contribution is -2.47. The summed E-state index contributed by atoms with van der Waals surface area (Å²) in [4.78, 5) is 28.1. The van der Waals surface area contributed by atoms with Crippen molar-refractivity contribution in [3.63, 3.8) is 0 Å². The fourth-order valence-corrected chi connectivity index (χ4v) is 4.91. The van der Waals surface area contributed by atoms with Gasteiger partial charge >= 0.3 is 0 Å². The molecule has 2 aliphatic heterocycles. The Hall–Kier alpha value is -2.94. The number of hydrogen-bond donors (Lipinski definition) is 2. The first-order chi connectivity index (χ1) is 15.4. The number of fused-ring (bicyclic) bond motifs is 4. The fourth-order valence-electron chi connectivity index (χ4n) is 4.61. The molecule has 0 aliphatic carbocycles. The minimum atomic E-state index is -1.36. The topological polar surface area (TPSA) is 100 Å². The first-order valence-electron chi connectivity index (χ1n) is 10.1. The van der Waals surface area contributed by atoms with Crippen molar-refractivity contribution in [2.24, 2.45) is 0 Å². The predicted octanol–water partition coefficient (Wildman–Crippen LogP) is 3.16. The molecule has 0 radical (unpaired) electrons. The second-order valence-corrected chi connectivity index (χ2v) is 8.80. The molecule has 2 atom stereocenters. The molecule has 0 unspecified atom stereocenters. The van der Waals surface area contributed by atoms with E-state index < -0.39 is 5.41 Å². The monoisotopic (exact) mass is 471 g/mol. The molecule has 32 heavy (non-hydrogen) atoms. The second-order valence-electron chi connectivity index (χ2n) is 7.93.